The highest BCUT2D eigenvalue weighted by atomic mass is 79.9. The zero-order valence-corrected chi connectivity index (χ0v) is 16.5. The zero-order chi connectivity index (χ0) is 18.4. The third-order valence-corrected chi connectivity index (χ3v) is 5.05. The summed E-state index contributed by atoms with van der Waals surface area (Å²) in [5, 5.41) is 2.87. The summed E-state index contributed by atoms with van der Waals surface area (Å²) < 4.78 is 6.47. The highest BCUT2D eigenvalue weighted by molar-refractivity contribution is 9.10. The van der Waals surface area contributed by atoms with Gasteiger partial charge in [0.05, 0.1) is 0 Å². The number of likely N-dealkylation sites (N-methyl/N-ethyl adjacent to an activating group) is 1. The van der Waals surface area contributed by atoms with E-state index in [1.165, 1.54) is 5.69 Å². The van der Waals surface area contributed by atoms with Crippen LogP contribution in [0.5, 0.6) is 5.75 Å². The van der Waals surface area contributed by atoms with Crippen LogP contribution >= 0.6 is 15.9 Å². The molecule has 0 atom stereocenters. The second kappa shape index (κ2) is 9.05. The summed E-state index contributed by atoms with van der Waals surface area (Å²) in [7, 11) is 0. The Morgan fingerprint density at radius 3 is 2.31 bits per heavy atom. The molecule has 1 N–H and O–H groups in total. The van der Waals surface area contributed by atoms with Crippen LogP contribution in [0.25, 0.3) is 0 Å². The van der Waals surface area contributed by atoms with Crippen molar-refractivity contribution in [2.24, 2.45) is 0 Å². The molecule has 0 unspecified atom stereocenters. The molecule has 1 fully saturated rings. The molecule has 1 amide bonds. The summed E-state index contributed by atoms with van der Waals surface area (Å²) in [6.45, 7) is 7.59. The van der Waals surface area contributed by atoms with E-state index in [4.69, 9.17) is 4.74 Å². The molecule has 0 bridgehead atoms. The first-order valence-electron chi connectivity index (χ1n) is 8.89. The largest absolute Gasteiger partial charge is 0.484 e. The normalized spacial score (nSPS) is 14.9. The molecule has 1 aliphatic rings. The Labute approximate surface area is 163 Å². The quantitative estimate of drug-likeness (QED) is 0.779. The van der Waals surface area contributed by atoms with Crippen LogP contribution in [0, 0.1) is 0 Å². The Balaban J connectivity index is 1.47. The minimum Gasteiger partial charge on any atom is -0.484 e. The van der Waals surface area contributed by atoms with Crippen LogP contribution in [0.4, 0.5) is 11.4 Å². The van der Waals surface area contributed by atoms with Gasteiger partial charge < -0.3 is 19.9 Å². The number of rotatable bonds is 6. The number of carbonyl (C=O) groups excluding carboxylic acids is 1. The van der Waals surface area contributed by atoms with E-state index >= 15 is 0 Å². The Morgan fingerprint density at radius 1 is 1.04 bits per heavy atom. The van der Waals surface area contributed by atoms with E-state index in [2.05, 4.69) is 50.1 Å². The summed E-state index contributed by atoms with van der Waals surface area (Å²) in [4.78, 5) is 16.9. The number of nitrogens with zero attached hydrogens (tertiary/aromatic N) is 2. The molecule has 5 nitrogen and oxygen atoms in total. The summed E-state index contributed by atoms with van der Waals surface area (Å²) in [5.41, 5.74) is 1.98. The molecule has 2 aromatic rings. The average Bonchev–Trinajstić information content (AvgIpc) is 2.68. The van der Waals surface area contributed by atoms with Crippen molar-refractivity contribution in [1.29, 1.82) is 0 Å². The van der Waals surface area contributed by atoms with E-state index in [9.17, 15) is 4.79 Å². The second-order valence-electron chi connectivity index (χ2n) is 6.26. The maximum absolute atomic E-state index is 12.0. The number of amides is 1. The van der Waals surface area contributed by atoms with E-state index in [1.54, 1.807) is 0 Å². The highest BCUT2D eigenvalue weighted by Gasteiger charge is 2.15. The van der Waals surface area contributed by atoms with E-state index in [0.717, 1.165) is 42.9 Å². The number of halogens is 1. The fraction of sp³-hybridized carbons (Fsp3) is 0.350. The molecule has 0 aliphatic carbocycles. The van der Waals surface area contributed by atoms with Gasteiger partial charge in [-0.2, -0.15) is 0 Å². The summed E-state index contributed by atoms with van der Waals surface area (Å²) in [6, 6.07) is 15.4. The predicted octanol–water partition coefficient (Wildman–Crippen LogP) is 3.61. The minimum atomic E-state index is -0.169. The number of ether oxygens (including phenoxy) is 1. The third-order valence-electron chi connectivity index (χ3n) is 4.52. The van der Waals surface area contributed by atoms with Crippen LogP contribution < -0.4 is 15.0 Å². The molecule has 0 aromatic heterocycles. The number of hydrogen-bond acceptors (Lipinski definition) is 4. The van der Waals surface area contributed by atoms with Crippen molar-refractivity contribution in [3.8, 4) is 5.75 Å². The van der Waals surface area contributed by atoms with Crippen LogP contribution in [-0.2, 0) is 4.79 Å². The van der Waals surface area contributed by atoms with Gasteiger partial charge in [0.1, 0.15) is 5.75 Å². The number of anilines is 2. The number of benzene rings is 2. The van der Waals surface area contributed by atoms with Crippen LogP contribution in [0.2, 0.25) is 0 Å². The van der Waals surface area contributed by atoms with Gasteiger partial charge in [0.15, 0.2) is 6.61 Å². The monoisotopic (exact) mass is 417 g/mol. The van der Waals surface area contributed by atoms with Crippen molar-refractivity contribution >= 4 is 33.2 Å². The fourth-order valence-electron chi connectivity index (χ4n) is 2.95. The van der Waals surface area contributed by atoms with Crippen molar-refractivity contribution in [3.63, 3.8) is 0 Å². The van der Waals surface area contributed by atoms with Crippen molar-refractivity contribution in [2.45, 2.75) is 6.92 Å². The first-order chi connectivity index (χ1) is 12.6. The van der Waals surface area contributed by atoms with Gasteiger partial charge in [0.25, 0.3) is 5.91 Å². The summed E-state index contributed by atoms with van der Waals surface area (Å²) >= 11 is 3.37. The first kappa shape index (κ1) is 18.7. The van der Waals surface area contributed by atoms with Gasteiger partial charge in [-0.3, -0.25) is 4.79 Å². The van der Waals surface area contributed by atoms with E-state index in [1.807, 2.05) is 36.4 Å². The molecule has 2 aromatic carbocycles. The van der Waals surface area contributed by atoms with E-state index in [0.29, 0.717) is 5.75 Å². The Kier molecular flexibility index (Phi) is 6.52. The number of hydrogen-bond donors (Lipinski definition) is 1. The topological polar surface area (TPSA) is 44.8 Å². The molecule has 0 saturated carbocycles. The zero-order valence-electron chi connectivity index (χ0n) is 15.0. The summed E-state index contributed by atoms with van der Waals surface area (Å²) in [6.07, 6.45) is 0. The Bertz CT molecular complexity index is 711. The highest BCUT2D eigenvalue weighted by Crippen LogP contribution is 2.20. The minimum absolute atomic E-state index is 0.0115. The molecule has 1 aliphatic heterocycles. The molecule has 3 rings (SSSR count). The lowest BCUT2D eigenvalue weighted by molar-refractivity contribution is -0.118. The van der Waals surface area contributed by atoms with Gasteiger partial charge in [-0.1, -0.05) is 22.9 Å². The van der Waals surface area contributed by atoms with Gasteiger partial charge in [0.2, 0.25) is 0 Å². The molecular formula is C20H24BrN3O2. The molecule has 6 heteroatoms. The van der Waals surface area contributed by atoms with E-state index in [-0.39, 0.29) is 12.5 Å². The number of carbonyl (C=O) groups is 1. The maximum Gasteiger partial charge on any atom is 0.262 e. The second-order valence-corrected chi connectivity index (χ2v) is 7.17. The summed E-state index contributed by atoms with van der Waals surface area (Å²) in [5.74, 6) is 0.502. The molecule has 0 radical (unpaired) electrons. The predicted molar refractivity (Wildman–Crippen MR) is 109 cm³/mol. The lowest BCUT2D eigenvalue weighted by Gasteiger charge is -2.35. The van der Waals surface area contributed by atoms with Gasteiger partial charge in [-0.25, -0.2) is 0 Å². The first-order valence-corrected chi connectivity index (χ1v) is 9.69. The maximum atomic E-state index is 12.0. The van der Waals surface area contributed by atoms with Gasteiger partial charge in [-0.15, -0.1) is 0 Å². The van der Waals surface area contributed by atoms with Gasteiger partial charge in [0, 0.05) is 42.0 Å². The molecular weight excluding hydrogens is 394 g/mol. The fourth-order valence-corrected chi connectivity index (χ4v) is 3.22. The van der Waals surface area contributed by atoms with Gasteiger partial charge >= 0.3 is 0 Å². The van der Waals surface area contributed by atoms with Gasteiger partial charge in [-0.05, 0) is 55.1 Å². The van der Waals surface area contributed by atoms with Crippen LogP contribution in [0.1, 0.15) is 6.92 Å². The number of nitrogens with one attached hydrogen (secondary N) is 1. The van der Waals surface area contributed by atoms with Crippen molar-refractivity contribution in [1.82, 2.24) is 4.90 Å². The van der Waals surface area contributed by atoms with Crippen LogP contribution in [-0.4, -0.2) is 50.1 Å². The molecule has 1 heterocycles. The third kappa shape index (κ3) is 5.22. The van der Waals surface area contributed by atoms with Crippen molar-refractivity contribution in [2.75, 3.05) is 49.5 Å². The van der Waals surface area contributed by atoms with Crippen molar-refractivity contribution in [3.05, 3.63) is 53.0 Å². The van der Waals surface area contributed by atoms with Crippen LogP contribution in [0.3, 0.4) is 0 Å². The Morgan fingerprint density at radius 2 is 1.69 bits per heavy atom. The van der Waals surface area contributed by atoms with E-state index < -0.39 is 0 Å². The number of piperazine rings is 1. The van der Waals surface area contributed by atoms with Crippen molar-refractivity contribution < 1.29 is 9.53 Å². The lowest BCUT2D eigenvalue weighted by Crippen LogP contribution is -2.46. The molecule has 26 heavy (non-hydrogen) atoms. The molecule has 0 spiro atoms. The molecule has 1 saturated heterocycles. The lowest BCUT2D eigenvalue weighted by atomic mass is 10.2. The molecule has 138 valence electrons. The Hall–Kier alpha value is -2.05. The smallest absolute Gasteiger partial charge is 0.262 e. The standard InChI is InChI=1S/C20H24BrN3O2/c1-2-23-11-13-24(14-12-23)18-7-5-17(6-8-18)22-20(25)15-26-19-9-3-16(21)4-10-19/h3-10H,2,11-15H2,1H3,(H,22,25). The SMILES string of the molecule is CCN1CCN(c2ccc(NC(=O)COc3ccc(Br)cc3)cc2)CC1. The van der Waals surface area contributed by atoms with Crippen LogP contribution in [0.15, 0.2) is 53.0 Å². The average molecular weight is 418 g/mol.